The quantitative estimate of drug-likeness (QED) is 0.909. The Hall–Kier alpha value is -2.63. The number of carbonyl (C=O) groups is 2. The predicted molar refractivity (Wildman–Crippen MR) is 96.0 cm³/mol. The van der Waals surface area contributed by atoms with Crippen LogP contribution in [0.15, 0.2) is 36.5 Å². The molecule has 6 heteroatoms. The fourth-order valence-corrected chi connectivity index (χ4v) is 3.21. The Morgan fingerprint density at radius 1 is 1.24 bits per heavy atom. The highest BCUT2D eigenvalue weighted by Gasteiger charge is 2.35. The van der Waals surface area contributed by atoms with Crippen molar-refractivity contribution >= 4 is 11.8 Å². The number of amides is 2. The second-order valence-electron chi connectivity index (χ2n) is 6.46. The van der Waals surface area contributed by atoms with Gasteiger partial charge in [-0.25, -0.2) is 0 Å². The van der Waals surface area contributed by atoms with Gasteiger partial charge in [0.1, 0.15) is 6.04 Å². The van der Waals surface area contributed by atoms with Crippen LogP contribution in [0.3, 0.4) is 0 Å². The number of hydrogen-bond acceptors (Lipinski definition) is 3. The van der Waals surface area contributed by atoms with Crippen molar-refractivity contribution in [1.82, 2.24) is 20.0 Å². The Morgan fingerprint density at radius 3 is 2.64 bits per heavy atom. The molecule has 2 amide bonds. The molecular formula is C19H24N4O2. The lowest BCUT2D eigenvalue weighted by Crippen LogP contribution is -2.57. The van der Waals surface area contributed by atoms with Gasteiger partial charge in [0.05, 0.1) is 5.69 Å². The van der Waals surface area contributed by atoms with Gasteiger partial charge in [-0.3, -0.25) is 14.7 Å². The third-order valence-corrected chi connectivity index (χ3v) is 4.75. The van der Waals surface area contributed by atoms with E-state index in [4.69, 9.17) is 0 Å². The van der Waals surface area contributed by atoms with Gasteiger partial charge in [0.15, 0.2) is 0 Å². The van der Waals surface area contributed by atoms with E-state index >= 15 is 0 Å². The molecule has 1 atom stereocenters. The van der Waals surface area contributed by atoms with E-state index in [9.17, 15) is 9.59 Å². The molecule has 1 fully saturated rings. The standard InChI is InChI=1S/C19H24N4O2/c1-3-4-5-17-19(25)22(2)12-13-23(17)18(24)15-8-6-14(7-9-15)16-10-11-20-21-16/h6-11,17H,3-5,12-13H2,1-2H3,(H,20,21)/t17-/m0/s1. The molecule has 0 bridgehead atoms. The largest absolute Gasteiger partial charge is 0.342 e. The van der Waals surface area contributed by atoms with Crippen molar-refractivity contribution in [3.05, 3.63) is 42.1 Å². The molecule has 1 aromatic carbocycles. The number of aromatic amines is 1. The number of benzene rings is 1. The average molecular weight is 340 g/mol. The minimum absolute atomic E-state index is 0.0436. The zero-order valence-corrected chi connectivity index (χ0v) is 14.7. The number of nitrogens with zero attached hydrogens (tertiary/aromatic N) is 3. The van der Waals surface area contributed by atoms with E-state index in [2.05, 4.69) is 17.1 Å². The van der Waals surface area contributed by atoms with E-state index in [1.165, 1.54) is 0 Å². The van der Waals surface area contributed by atoms with E-state index < -0.39 is 0 Å². The Kier molecular flexibility index (Phi) is 5.16. The second-order valence-corrected chi connectivity index (χ2v) is 6.46. The number of H-pyrrole nitrogens is 1. The number of unbranched alkanes of at least 4 members (excludes halogenated alkanes) is 1. The summed E-state index contributed by atoms with van der Waals surface area (Å²) in [7, 11) is 1.81. The molecule has 0 aliphatic carbocycles. The summed E-state index contributed by atoms with van der Waals surface area (Å²) in [4.78, 5) is 28.9. The normalized spacial score (nSPS) is 17.8. The fraction of sp³-hybridized carbons (Fsp3) is 0.421. The Labute approximate surface area is 147 Å². The number of carbonyl (C=O) groups excluding carboxylic acids is 2. The molecule has 1 aliphatic rings. The molecule has 6 nitrogen and oxygen atoms in total. The number of rotatable bonds is 5. The number of hydrogen-bond donors (Lipinski definition) is 1. The highest BCUT2D eigenvalue weighted by Crippen LogP contribution is 2.21. The van der Waals surface area contributed by atoms with E-state index in [0.29, 0.717) is 18.7 Å². The fourth-order valence-electron chi connectivity index (χ4n) is 3.21. The number of nitrogens with one attached hydrogen (secondary N) is 1. The average Bonchev–Trinajstić information content (AvgIpc) is 3.17. The maximum absolute atomic E-state index is 13.0. The number of aromatic nitrogens is 2. The van der Waals surface area contributed by atoms with E-state index in [-0.39, 0.29) is 17.9 Å². The van der Waals surface area contributed by atoms with Crippen LogP contribution in [0.4, 0.5) is 0 Å². The molecule has 0 saturated carbocycles. The van der Waals surface area contributed by atoms with E-state index in [0.717, 1.165) is 30.5 Å². The van der Waals surface area contributed by atoms with Crippen molar-refractivity contribution in [2.75, 3.05) is 20.1 Å². The number of likely N-dealkylation sites (N-methyl/N-ethyl adjacent to an activating group) is 1. The van der Waals surface area contributed by atoms with Gasteiger partial charge in [-0.2, -0.15) is 5.10 Å². The lowest BCUT2D eigenvalue weighted by atomic mass is 10.0. The van der Waals surface area contributed by atoms with Crippen LogP contribution in [0.2, 0.25) is 0 Å². The molecule has 0 spiro atoms. The smallest absolute Gasteiger partial charge is 0.254 e. The van der Waals surface area contributed by atoms with Crippen molar-refractivity contribution in [2.24, 2.45) is 0 Å². The van der Waals surface area contributed by atoms with Crippen LogP contribution in [-0.4, -0.2) is 58.0 Å². The second kappa shape index (κ2) is 7.51. The molecule has 0 unspecified atom stereocenters. The Balaban J connectivity index is 1.79. The molecule has 1 aliphatic heterocycles. The van der Waals surface area contributed by atoms with Crippen molar-refractivity contribution < 1.29 is 9.59 Å². The SMILES string of the molecule is CCCC[C@H]1C(=O)N(C)CCN1C(=O)c1ccc(-c2ccn[nH]2)cc1. The molecule has 132 valence electrons. The molecule has 2 heterocycles. The topological polar surface area (TPSA) is 69.3 Å². The maximum atomic E-state index is 13.0. The van der Waals surface area contributed by atoms with Crippen LogP contribution in [0, 0.1) is 0 Å². The summed E-state index contributed by atoms with van der Waals surface area (Å²) in [6.45, 7) is 3.26. The predicted octanol–water partition coefficient (Wildman–Crippen LogP) is 2.55. The van der Waals surface area contributed by atoms with Crippen LogP contribution in [-0.2, 0) is 4.79 Å². The van der Waals surface area contributed by atoms with E-state index in [1.807, 2.05) is 37.4 Å². The van der Waals surface area contributed by atoms with Crippen LogP contribution in [0.1, 0.15) is 36.5 Å². The first-order chi connectivity index (χ1) is 12.1. The van der Waals surface area contributed by atoms with Gasteiger partial charge in [0.2, 0.25) is 5.91 Å². The molecule has 1 N–H and O–H groups in total. The van der Waals surface area contributed by atoms with Crippen molar-refractivity contribution in [3.63, 3.8) is 0 Å². The minimum Gasteiger partial charge on any atom is -0.342 e. The van der Waals surface area contributed by atoms with Crippen LogP contribution < -0.4 is 0 Å². The summed E-state index contributed by atoms with van der Waals surface area (Å²) in [5, 5.41) is 6.85. The molecule has 1 saturated heterocycles. The Bertz CT molecular complexity index is 724. The lowest BCUT2D eigenvalue weighted by molar-refractivity contribution is -0.138. The van der Waals surface area contributed by atoms with Crippen LogP contribution >= 0.6 is 0 Å². The van der Waals surface area contributed by atoms with Gasteiger partial charge in [-0.15, -0.1) is 0 Å². The minimum atomic E-state index is -0.349. The van der Waals surface area contributed by atoms with Crippen molar-refractivity contribution in [2.45, 2.75) is 32.2 Å². The summed E-state index contributed by atoms with van der Waals surface area (Å²) >= 11 is 0. The van der Waals surface area contributed by atoms with Gasteiger partial charge in [-0.1, -0.05) is 31.9 Å². The summed E-state index contributed by atoms with van der Waals surface area (Å²) in [5.74, 6) is -0.0270. The highest BCUT2D eigenvalue weighted by molar-refractivity contribution is 5.98. The monoisotopic (exact) mass is 340 g/mol. The van der Waals surface area contributed by atoms with Gasteiger partial charge in [-0.05, 0) is 30.2 Å². The zero-order chi connectivity index (χ0) is 17.8. The molecule has 2 aromatic rings. The first kappa shape index (κ1) is 17.2. The van der Waals surface area contributed by atoms with Gasteiger partial charge in [0, 0.05) is 31.9 Å². The molecule has 25 heavy (non-hydrogen) atoms. The number of piperazine rings is 1. The van der Waals surface area contributed by atoms with Gasteiger partial charge >= 0.3 is 0 Å². The van der Waals surface area contributed by atoms with Crippen LogP contribution in [0.5, 0.6) is 0 Å². The first-order valence-electron chi connectivity index (χ1n) is 8.77. The molecule has 1 aromatic heterocycles. The third-order valence-electron chi connectivity index (χ3n) is 4.75. The van der Waals surface area contributed by atoms with Gasteiger partial charge < -0.3 is 9.80 Å². The first-order valence-corrected chi connectivity index (χ1v) is 8.77. The third kappa shape index (κ3) is 3.57. The summed E-state index contributed by atoms with van der Waals surface area (Å²) in [6, 6.07) is 8.98. The highest BCUT2D eigenvalue weighted by atomic mass is 16.2. The van der Waals surface area contributed by atoms with Gasteiger partial charge in [0.25, 0.3) is 5.91 Å². The molecule has 3 rings (SSSR count). The van der Waals surface area contributed by atoms with E-state index in [1.54, 1.807) is 16.0 Å². The Morgan fingerprint density at radius 2 is 2.00 bits per heavy atom. The molecule has 0 radical (unpaired) electrons. The summed E-state index contributed by atoms with van der Waals surface area (Å²) in [6.07, 6.45) is 4.36. The maximum Gasteiger partial charge on any atom is 0.254 e. The van der Waals surface area contributed by atoms with Crippen molar-refractivity contribution in [3.8, 4) is 11.3 Å². The van der Waals surface area contributed by atoms with Crippen LogP contribution in [0.25, 0.3) is 11.3 Å². The zero-order valence-electron chi connectivity index (χ0n) is 14.7. The summed E-state index contributed by atoms with van der Waals surface area (Å²) in [5.41, 5.74) is 2.50. The van der Waals surface area contributed by atoms with Crippen molar-refractivity contribution in [1.29, 1.82) is 0 Å². The molecular weight excluding hydrogens is 316 g/mol. The summed E-state index contributed by atoms with van der Waals surface area (Å²) < 4.78 is 0. The lowest BCUT2D eigenvalue weighted by Gasteiger charge is -2.39.